The third-order valence-corrected chi connectivity index (χ3v) is 5.91. The van der Waals surface area contributed by atoms with E-state index in [-0.39, 0.29) is 27.1 Å². The second-order valence-corrected chi connectivity index (χ2v) is 8.62. The summed E-state index contributed by atoms with van der Waals surface area (Å²) in [5.74, 6) is 0.347. The van der Waals surface area contributed by atoms with Gasteiger partial charge in [-0.1, -0.05) is 47.5 Å². The number of aryl methyl sites for hydroxylation is 1. The highest BCUT2D eigenvalue weighted by molar-refractivity contribution is 7.92. The Bertz CT molecular complexity index is 1120. The van der Waals surface area contributed by atoms with Gasteiger partial charge in [0.15, 0.2) is 0 Å². The van der Waals surface area contributed by atoms with Crippen LogP contribution in [0.15, 0.2) is 77.7 Å². The van der Waals surface area contributed by atoms with Gasteiger partial charge in [0.25, 0.3) is 15.9 Å². The summed E-state index contributed by atoms with van der Waals surface area (Å²) in [5.41, 5.74) is 1.47. The Morgan fingerprint density at radius 1 is 1.00 bits per heavy atom. The number of sulfonamides is 1. The molecule has 3 rings (SSSR count). The first kappa shape index (κ1) is 21.7. The van der Waals surface area contributed by atoms with Gasteiger partial charge in [-0.25, -0.2) is 8.42 Å². The SMILES string of the molecule is Cc1ccc(S(=O)(=O)Nc2ccc(C(=O)NCCOc3ccccc3)c(Cl)c2)cc1. The van der Waals surface area contributed by atoms with Gasteiger partial charge in [-0.3, -0.25) is 9.52 Å². The Morgan fingerprint density at radius 2 is 1.70 bits per heavy atom. The minimum Gasteiger partial charge on any atom is -0.492 e. The van der Waals surface area contributed by atoms with Gasteiger partial charge in [0.1, 0.15) is 12.4 Å². The van der Waals surface area contributed by atoms with Crippen molar-refractivity contribution in [3.8, 4) is 5.75 Å². The number of halogens is 1. The number of anilines is 1. The Kier molecular flexibility index (Phi) is 6.97. The first-order valence-corrected chi connectivity index (χ1v) is 11.1. The van der Waals surface area contributed by atoms with E-state index in [1.54, 1.807) is 12.1 Å². The number of ether oxygens (including phenoxy) is 1. The summed E-state index contributed by atoms with van der Waals surface area (Å²) in [7, 11) is -3.75. The molecule has 1 amide bonds. The number of rotatable bonds is 8. The number of hydrogen-bond donors (Lipinski definition) is 2. The molecular formula is C22H21ClN2O4S. The minimum atomic E-state index is -3.75. The van der Waals surface area contributed by atoms with Crippen molar-refractivity contribution in [2.45, 2.75) is 11.8 Å². The number of benzene rings is 3. The molecule has 3 aromatic rings. The molecular weight excluding hydrogens is 424 g/mol. The van der Waals surface area contributed by atoms with Gasteiger partial charge in [-0.05, 0) is 49.4 Å². The molecule has 8 heteroatoms. The molecule has 156 valence electrons. The lowest BCUT2D eigenvalue weighted by molar-refractivity contribution is 0.0947. The molecule has 0 unspecified atom stereocenters. The monoisotopic (exact) mass is 444 g/mol. The smallest absolute Gasteiger partial charge is 0.261 e. The van der Waals surface area contributed by atoms with Crippen molar-refractivity contribution >= 4 is 33.2 Å². The molecule has 0 radical (unpaired) electrons. The minimum absolute atomic E-state index is 0.139. The maximum absolute atomic E-state index is 12.5. The first-order valence-electron chi connectivity index (χ1n) is 9.20. The van der Waals surface area contributed by atoms with Crippen LogP contribution < -0.4 is 14.8 Å². The molecule has 0 aliphatic carbocycles. The van der Waals surface area contributed by atoms with Crippen LogP contribution in [0.5, 0.6) is 5.75 Å². The topological polar surface area (TPSA) is 84.5 Å². The van der Waals surface area contributed by atoms with Crippen LogP contribution in [0, 0.1) is 6.92 Å². The van der Waals surface area contributed by atoms with Crippen LogP contribution in [0.25, 0.3) is 0 Å². The highest BCUT2D eigenvalue weighted by Crippen LogP contribution is 2.23. The third-order valence-electron chi connectivity index (χ3n) is 4.20. The van der Waals surface area contributed by atoms with Gasteiger partial charge in [0, 0.05) is 0 Å². The van der Waals surface area contributed by atoms with Crippen molar-refractivity contribution in [2.24, 2.45) is 0 Å². The van der Waals surface area contributed by atoms with Crippen LogP contribution in [0.4, 0.5) is 5.69 Å². The Balaban J connectivity index is 1.59. The molecule has 3 aromatic carbocycles. The highest BCUT2D eigenvalue weighted by Gasteiger charge is 2.16. The normalized spacial score (nSPS) is 11.0. The van der Waals surface area contributed by atoms with Crippen LogP contribution >= 0.6 is 11.6 Å². The van der Waals surface area contributed by atoms with Crippen LogP contribution in [0.1, 0.15) is 15.9 Å². The zero-order valence-corrected chi connectivity index (χ0v) is 17.8. The maximum Gasteiger partial charge on any atom is 0.261 e. The van der Waals surface area contributed by atoms with E-state index in [0.29, 0.717) is 13.2 Å². The fraction of sp³-hybridized carbons (Fsp3) is 0.136. The average molecular weight is 445 g/mol. The number of para-hydroxylation sites is 1. The Morgan fingerprint density at radius 3 is 2.37 bits per heavy atom. The highest BCUT2D eigenvalue weighted by atomic mass is 35.5. The molecule has 2 N–H and O–H groups in total. The van der Waals surface area contributed by atoms with E-state index >= 15 is 0 Å². The van der Waals surface area contributed by atoms with Gasteiger partial charge in [0.2, 0.25) is 0 Å². The van der Waals surface area contributed by atoms with Crippen LogP contribution in [-0.2, 0) is 10.0 Å². The third kappa shape index (κ3) is 5.75. The molecule has 0 atom stereocenters. The van der Waals surface area contributed by atoms with E-state index in [1.807, 2.05) is 37.3 Å². The number of carbonyl (C=O) groups is 1. The van der Waals surface area contributed by atoms with Crippen LogP contribution in [-0.4, -0.2) is 27.5 Å². The van der Waals surface area contributed by atoms with Crippen molar-refractivity contribution in [1.82, 2.24) is 5.32 Å². The summed E-state index contributed by atoms with van der Waals surface area (Å²) < 4.78 is 33.0. The Labute approximate surface area is 180 Å². The lowest BCUT2D eigenvalue weighted by Crippen LogP contribution is -2.28. The van der Waals surface area contributed by atoms with Gasteiger partial charge in [-0.2, -0.15) is 0 Å². The average Bonchev–Trinajstić information content (AvgIpc) is 2.72. The summed E-state index contributed by atoms with van der Waals surface area (Å²) >= 11 is 6.20. The van der Waals surface area contributed by atoms with E-state index < -0.39 is 10.0 Å². The second kappa shape index (κ2) is 9.65. The van der Waals surface area contributed by atoms with Crippen molar-refractivity contribution in [3.63, 3.8) is 0 Å². The fourth-order valence-electron chi connectivity index (χ4n) is 2.64. The van der Waals surface area contributed by atoms with Crippen molar-refractivity contribution in [2.75, 3.05) is 17.9 Å². The number of carbonyl (C=O) groups excluding carboxylic acids is 1. The molecule has 0 saturated carbocycles. The van der Waals surface area contributed by atoms with Gasteiger partial charge in [-0.15, -0.1) is 0 Å². The molecule has 0 heterocycles. The van der Waals surface area contributed by atoms with E-state index in [0.717, 1.165) is 11.3 Å². The molecule has 0 aromatic heterocycles. The number of hydrogen-bond acceptors (Lipinski definition) is 4. The maximum atomic E-state index is 12.5. The summed E-state index contributed by atoms with van der Waals surface area (Å²) in [6.07, 6.45) is 0. The molecule has 30 heavy (non-hydrogen) atoms. The summed E-state index contributed by atoms with van der Waals surface area (Å²) in [4.78, 5) is 12.5. The largest absolute Gasteiger partial charge is 0.492 e. The van der Waals surface area contributed by atoms with Crippen molar-refractivity contribution in [3.05, 3.63) is 88.9 Å². The first-order chi connectivity index (χ1) is 14.3. The van der Waals surface area contributed by atoms with E-state index in [1.165, 1.54) is 30.3 Å². The Hall–Kier alpha value is -3.03. The zero-order valence-electron chi connectivity index (χ0n) is 16.3. The van der Waals surface area contributed by atoms with Crippen molar-refractivity contribution < 1.29 is 17.9 Å². The predicted octanol–water partition coefficient (Wildman–Crippen LogP) is 4.26. The molecule has 0 aliphatic heterocycles. The number of amides is 1. The zero-order chi connectivity index (χ0) is 21.6. The van der Waals surface area contributed by atoms with Crippen LogP contribution in [0.3, 0.4) is 0 Å². The van der Waals surface area contributed by atoms with Gasteiger partial charge < -0.3 is 10.1 Å². The number of nitrogens with one attached hydrogen (secondary N) is 2. The van der Waals surface area contributed by atoms with E-state index in [4.69, 9.17) is 16.3 Å². The predicted molar refractivity (Wildman–Crippen MR) is 118 cm³/mol. The standard InChI is InChI=1S/C22H21ClN2O4S/c1-16-7-10-19(11-8-16)30(27,28)25-17-9-12-20(21(23)15-17)22(26)24-13-14-29-18-5-3-2-4-6-18/h2-12,15,25H,13-14H2,1H3,(H,24,26). The second-order valence-electron chi connectivity index (χ2n) is 6.53. The lowest BCUT2D eigenvalue weighted by atomic mass is 10.2. The molecule has 0 saturated heterocycles. The molecule has 0 aliphatic rings. The summed E-state index contributed by atoms with van der Waals surface area (Å²) in [6.45, 7) is 2.48. The van der Waals surface area contributed by atoms with E-state index in [9.17, 15) is 13.2 Å². The molecule has 0 fully saturated rings. The lowest BCUT2D eigenvalue weighted by Gasteiger charge is -2.11. The van der Waals surface area contributed by atoms with E-state index in [2.05, 4.69) is 10.0 Å². The quantitative estimate of drug-likeness (QED) is 0.508. The van der Waals surface area contributed by atoms with Gasteiger partial charge in [0.05, 0.1) is 27.7 Å². The van der Waals surface area contributed by atoms with Crippen molar-refractivity contribution in [1.29, 1.82) is 0 Å². The van der Waals surface area contributed by atoms with Crippen LogP contribution in [0.2, 0.25) is 5.02 Å². The molecule has 0 bridgehead atoms. The summed E-state index contributed by atoms with van der Waals surface area (Å²) in [5, 5.41) is 2.86. The van der Waals surface area contributed by atoms with Gasteiger partial charge >= 0.3 is 0 Å². The molecule has 6 nitrogen and oxygen atoms in total. The summed E-state index contributed by atoms with van der Waals surface area (Å²) in [6, 6.07) is 20.1. The fourth-order valence-corrected chi connectivity index (χ4v) is 3.96. The molecule has 0 spiro atoms.